The van der Waals surface area contributed by atoms with Crippen LogP contribution < -0.4 is 0 Å². The van der Waals surface area contributed by atoms with E-state index in [9.17, 15) is 0 Å². The SMILES string of the molecule is CC(C)c1cccc(C(C)C)c1-n1c(-c2[c-]cccc2)nc2ccccc21.[2H]C([2H])([2H])c1cccc2c1ccc1cc3c(cc12)sc1c(-c2nc4ccccc4n2-c2c(C(C)C)cc(-c4ccccc4)cc2C(C)C)[c-]ccc13.[Ir]. The molecule has 10 aromatic carbocycles. The van der Waals surface area contributed by atoms with Gasteiger partial charge in [-0.25, -0.2) is 0 Å². The van der Waals surface area contributed by atoms with Crippen molar-refractivity contribution in [2.24, 2.45) is 0 Å². The second kappa shape index (κ2) is 21.2. The van der Waals surface area contributed by atoms with E-state index in [1.165, 1.54) is 50.1 Å². The predicted octanol–water partition coefficient (Wildman–Crippen LogP) is 20.1. The number of hydrogen-bond donors (Lipinski definition) is 0. The Morgan fingerprint density at radius 1 is 0.455 bits per heavy atom. The van der Waals surface area contributed by atoms with Crippen LogP contribution in [0.1, 0.15) is 111 Å². The van der Waals surface area contributed by atoms with Crippen molar-refractivity contribution in [3.8, 4) is 45.3 Å². The van der Waals surface area contributed by atoms with E-state index in [0.717, 1.165) is 81.2 Å². The third-order valence-corrected chi connectivity index (χ3v) is 16.2. The smallest absolute Gasteiger partial charge is 0.0774 e. The monoisotopic (exact) mass is 1200 g/mol. The minimum absolute atomic E-state index is 0. The summed E-state index contributed by atoms with van der Waals surface area (Å²) in [7, 11) is 0. The zero-order valence-electron chi connectivity index (χ0n) is 47.7. The van der Waals surface area contributed by atoms with Crippen LogP contribution in [0, 0.1) is 19.0 Å². The summed E-state index contributed by atoms with van der Waals surface area (Å²) in [5.41, 5.74) is 16.7. The molecule has 0 N–H and O–H groups in total. The summed E-state index contributed by atoms with van der Waals surface area (Å²) < 4.78 is 31.4. The van der Waals surface area contributed by atoms with Crippen LogP contribution in [0.2, 0.25) is 0 Å². The van der Waals surface area contributed by atoms with E-state index >= 15 is 0 Å². The topological polar surface area (TPSA) is 35.6 Å². The maximum Gasteiger partial charge on any atom is 0.0774 e. The van der Waals surface area contributed by atoms with Gasteiger partial charge in [-0.15, -0.1) is 54.1 Å². The molecular formula is C71H62IrN4S-2. The number of para-hydroxylation sites is 5. The van der Waals surface area contributed by atoms with Gasteiger partial charge in [0, 0.05) is 40.3 Å². The van der Waals surface area contributed by atoms with E-state index in [4.69, 9.17) is 14.1 Å². The summed E-state index contributed by atoms with van der Waals surface area (Å²) in [4.78, 5) is 10.4. The number of imidazole rings is 2. The molecule has 0 spiro atoms. The minimum atomic E-state index is -2.18. The quantitative estimate of drug-likeness (QED) is 0.107. The van der Waals surface area contributed by atoms with Crippen molar-refractivity contribution in [3.05, 3.63) is 228 Å². The van der Waals surface area contributed by atoms with Crippen LogP contribution in [0.3, 0.4) is 0 Å². The van der Waals surface area contributed by atoms with Crippen LogP contribution in [-0.4, -0.2) is 19.1 Å². The zero-order valence-corrected chi connectivity index (χ0v) is 47.9. The third kappa shape index (κ3) is 9.20. The fraction of sp³-hybridized carbons (Fsp3) is 0.183. The molecule has 3 heterocycles. The predicted molar refractivity (Wildman–Crippen MR) is 325 cm³/mol. The van der Waals surface area contributed by atoms with Gasteiger partial charge in [-0.2, -0.15) is 11.3 Å². The molecule has 0 fully saturated rings. The van der Waals surface area contributed by atoms with E-state index in [1.54, 1.807) is 17.4 Å². The van der Waals surface area contributed by atoms with Crippen LogP contribution in [0.25, 0.3) is 109 Å². The average molecular weight is 1200 g/mol. The Bertz CT molecular complexity index is 4380. The number of aryl methyl sites for hydroxylation is 1. The molecule has 1 radical (unpaired) electrons. The Hall–Kier alpha value is -7.47. The first-order chi connectivity index (χ1) is 38.2. The number of thiophene rings is 1. The van der Waals surface area contributed by atoms with Crippen molar-refractivity contribution in [3.63, 3.8) is 0 Å². The number of benzene rings is 10. The van der Waals surface area contributed by atoms with Crippen molar-refractivity contribution in [1.82, 2.24) is 19.1 Å². The van der Waals surface area contributed by atoms with Gasteiger partial charge in [-0.05, 0) is 150 Å². The molecule has 0 aliphatic heterocycles. The Morgan fingerprint density at radius 2 is 1.05 bits per heavy atom. The van der Waals surface area contributed by atoms with Gasteiger partial charge in [0.1, 0.15) is 0 Å². The number of fused-ring (bicyclic) bond motifs is 8. The first-order valence-electron chi connectivity index (χ1n) is 28.2. The maximum atomic E-state index is 8.14. The maximum absolute atomic E-state index is 8.14. The second-order valence-electron chi connectivity index (χ2n) is 21.3. The Morgan fingerprint density at radius 3 is 1.69 bits per heavy atom. The van der Waals surface area contributed by atoms with Gasteiger partial charge in [-0.3, -0.25) is 9.97 Å². The summed E-state index contributed by atoms with van der Waals surface area (Å²) >= 11 is 1.76. The van der Waals surface area contributed by atoms with Crippen molar-refractivity contribution in [2.75, 3.05) is 0 Å². The van der Waals surface area contributed by atoms with Gasteiger partial charge in [0.15, 0.2) is 0 Å². The molecule has 77 heavy (non-hydrogen) atoms. The second-order valence-corrected chi connectivity index (χ2v) is 22.4. The molecule has 13 aromatic rings. The average Bonchev–Trinajstić information content (AvgIpc) is 4.17. The van der Waals surface area contributed by atoms with Crippen LogP contribution in [0.4, 0.5) is 0 Å². The van der Waals surface area contributed by atoms with E-state index in [0.29, 0.717) is 17.4 Å². The van der Waals surface area contributed by atoms with Gasteiger partial charge in [-0.1, -0.05) is 169 Å². The number of aromatic nitrogens is 4. The molecule has 0 saturated heterocycles. The van der Waals surface area contributed by atoms with Crippen molar-refractivity contribution >= 4 is 75.1 Å². The van der Waals surface area contributed by atoms with Crippen molar-refractivity contribution < 1.29 is 24.2 Å². The molecule has 13 rings (SSSR count). The Balaban J connectivity index is 0.000000203. The van der Waals surface area contributed by atoms with E-state index in [-0.39, 0.29) is 31.9 Å². The van der Waals surface area contributed by atoms with Gasteiger partial charge >= 0.3 is 0 Å². The summed E-state index contributed by atoms with van der Waals surface area (Å²) in [6.45, 7) is 16.0. The summed E-state index contributed by atoms with van der Waals surface area (Å²) in [5.74, 6) is 3.21. The Labute approximate surface area is 474 Å². The molecular weight excluding hydrogens is 1130 g/mol. The van der Waals surface area contributed by atoms with Gasteiger partial charge in [0.25, 0.3) is 0 Å². The van der Waals surface area contributed by atoms with Crippen LogP contribution >= 0.6 is 11.3 Å². The fourth-order valence-electron chi connectivity index (χ4n) is 11.3. The van der Waals surface area contributed by atoms with E-state index in [2.05, 4.69) is 216 Å². The van der Waals surface area contributed by atoms with Crippen LogP contribution in [-0.2, 0) is 20.1 Å². The first kappa shape index (κ1) is 47.9. The standard InChI is InChI=1S/C46H37N2S.C25H25N2.Ir/c1-27(2)37-24-32(30-14-7-6-8-15-30)25-38(28(3)4)44(37)48-42-20-10-9-19-41(42)47-46(48)36-18-12-17-35-40-23-31-21-22-33-29(5)13-11-16-34(33)39(31)26-43(40)49-45(35)36;1-17(2)20-13-10-14-21(18(3)4)24(20)27-23-16-9-8-15-22(23)26-25(27)19-11-6-5-7-12-19;/h6-17,19-28H,1-5H3;5-11,13-18H,1-4H3;/q2*-1;/i5D3;;. The third-order valence-electron chi connectivity index (χ3n) is 15.0. The Kier molecular flexibility index (Phi) is 13.2. The molecule has 0 aliphatic carbocycles. The van der Waals surface area contributed by atoms with Gasteiger partial charge in [0.2, 0.25) is 0 Å². The molecule has 0 atom stereocenters. The summed E-state index contributed by atoms with van der Waals surface area (Å²) in [6, 6.07) is 72.4. The van der Waals surface area contributed by atoms with Crippen LogP contribution in [0.5, 0.6) is 0 Å². The number of hydrogen-bond acceptors (Lipinski definition) is 3. The largest absolute Gasteiger partial charge is 0.333 e. The molecule has 0 saturated carbocycles. The molecule has 3 aromatic heterocycles. The first-order valence-corrected chi connectivity index (χ1v) is 27.5. The molecule has 0 aliphatic rings. The van der Waals surface area contributed by atoms with Gasteiger partial charge < -0.3 is 9.13 Å². The van der Waals surface area contributed by atoms with Crippen molar-refractivity contribution in [1.29, 1.82) is 0 Å². The van der Waals surface area contributed by atoms with Gasteiger partial charge in [0.05, 0.1) is 33.7 Å². The normalized spacial score (nSPS) is 12.5. The molecule has 383 valence electrons. The van der Waals surface area contributed by atoms with E-state index < -0.39 is 6.85 Å². The van der Waals surface area contributed by atoms with Crippen LogP contribution in [0.15, 0.2) is 188 Å². The van der Waals surface area contributed by atoms with Crippen molar-refractivity contribution in [2.45, 2.75) is 85.9 Å². The minimum Gasteiger partial charge on any atom is -0.333 e. The van der Waals surface area contributed by atoms with E-state index in [1.807, 2.05) is 42.5 Å². The fourth-order valence-corrected chi connectivity index (χ4v) is 12.5. The molecule has 0 bridgehead atoms. The molecule has 4 nitrogen and oxygen atoms in total. The molecule has 0 unspecified atom stereocenters. The molecule has 0 amide bonds. The number of rotatable bonds is 9. The summed E-state index contributed by atoms with van der Waals surface area (Å²) in [5, 5.41) is 6.22. The number of nitrogens with zero attached hydrogens (tertiary/aromatic N) is 4. The summed E-state index contributed by atoms with van der Waals surface area (Å²) in [6.07, 6.45) is 0. The zero-order chi connectivity index (χ0) is 54.9. The molecule has 6 heteroatoms.